The zero-order valence-corrected chi connectivity index (χ0v) is 12.3. The fourth-order valence-electron chi connectivity index (χ4n) is 1.61. The van der Waals surface area contributed by atoms with E-state index in [1.807, 2.05) is 0 Å². The van der Waals surface area contributed by atoms with Crippen LogP contribution in [0, 0.1) is 6.92 Å². The van der Waals surface area contributed by atoms with Crippen LogP contribution in [0.5, 0.6) is 0 Å². The number of hydrogen-bond donors (Lipinski definition) is 2. The molecule has 0 saturated heterocycles. The molecule has 2 rings (SSSR count). The lowest BCUT2D eigenvalue weighted by Gasteiger charge is -2.13. The molecule has 1 heterocycles. The van der Waals surface area contributed by atoms with E-state index in [2.05, 4.69) is 15.2 Å². The zero-order valence-electron chi connectivity index (χ0n) is 11.5. The third-order valence-corrected chi connectivity index (χ3v) is 4.21. The van der Waals surface area contributed by atoms with Crippen molar-refractivity contribution >= 4 is 21.7 Å². The molecule has 0 bridgehead atoms. The molecule has 112 valence electrons. The number of sulfonamides is 1. The third kappa shape index (κ3) is 3.89. The SMILES string of the molecule is Cc1cc(NC(=O)[C@@H](C)NS(=O)(=O)c2ccccc2)no1. The molecule has 1 aromatic carbocycles. The number of nitrogens with zero attached hydrogens (tertiary/aromatic N) is 1. The highest BCUT2D eigenvalue weighted by atomic mass is 32.2. The summed E-state index contributed by atoms with van der Waals surface area (Å²) in [5, 5.41) is 6.07. The number of anilines is 1. The Hall–Kier alpha value is -2.19. The number of rotatable bonds is 5. The molecule has 0 fully saturated rings. The van der Waals surface area contributed by atoms with Crippen molar-refractivity contribution in [3.63, 3.8) is 0 Å². The second-order valence-electron chi connectivity index (χ2n) is 4.47. The Labute approximate surface area is 122 Å². The molecule has 2 N–H and O–H groups in total. The summed E-state index contributed by atoms with van der Waals surface area (Å²) >= 11 is 0. The number of carbonyl (C=O) groups is 1. The van der Waals surface area contributed by atoms with Crippen molar-refractivity contribution in [1.82, 2.24) is 9.88 Å². The van der Waals surface area contributed by atoms with E-state index in [9.17, 15) is 13.2 Å². The second-order valence-corrected chi connectivity index (χ2v) is 6.18. The van der Waals surface area contributed by atoms with Crippen LogP contribution in [0.4, 0.5) is 5.82 Å². The molecule has 0 spiro atoms. The van der Waals surface area contributed by atoms with E-state index in [1.54, 1.807) is 25.1 Å². The first kappa shape index (κ1) is 15.2. The van der Waals surface area contributed by atoms with Gasteiger partial charge in [0.1, 0.15) is 5.76 Å². The van der Waals surface area contributed by atoms with Crippen LogP contribution in [0.3, 0.4) is 0 Å². The first-order valence-electron chi connectivity index (χ1n) is 6.20. The molecule has 1 atom stereocenters. The highest BCUT2D eigenvalue weighted by molar-refractivity contribution is 7.89. The number of hydrogen-bond acceptors (Lipinski definition) is 5. The Morgan fingerprint density at radius 3 is 2.52 bits per heavy atom. The predicted molar refractivity (Wildman–Crippen MR) is 76.1 cm³/mol. The van der Waals surface area contributed by atoms with Crippen LogP contribution in [-0.2, 0) is 14.8 Å². The molecule has 7 nitrogen and oxygen atoms in total. The van der Waals surface area contributed by atoms with Gasteiger partial charge in [0.15, 0.2) is 5.82 Å². The minimum absolute atomic E-state index is 0.0990. The van der Waals surface area contributed by atoms with Crippen LogP contribution < -0.4 is 10.0 Å². The number of nitrogens with one attached hydrogen (secondary N) is 2. The molecule has 0 aliphatic carbocycles. The van der Waals surface area contributed by atoms with E-state index in [0.717, 1.165) is 0 Å². The molecule has 8 heteroatoms. The molecule has 0 aliphatic rings. The molecule has 2 aromatic rings. The van der Waals surface area contributed by atoms with Crippen molar-refractivity contribution in [2.45, 2.75) is 24.8 Å². The van der Waals surface area contributed by atoms with E-state index in [4.69, 9.17) is 4.52 Å². The summed E-state index contributed by atoms with van der Waals surface area (Å²) in [5.41, 5.74) is 0. The third-order valence-electron chi connectivity index (χ3n) is 2.66. The topological polar surface area (TPSA) is 101 Å². The van der Waals surface area contributed by atoms with Crippen LogP contribution in [0.2, 0.25) is 0 Å². The lowest BCUT2D eigenvalue weighted by atomic mass is 10.3. The van der Waals surface area contributed by atoms with Gasteiger partial charge >= 0.3 is 0 Å². The van der Waals surface area contributed by atoms with Gasteiger partial charge in [-0.05, 0) is 26.0 Å². The average Bonchev–Trinajstić information content (AvgIpc) is 2.84. The quantitative estimate of drug-likeness (QED) is 0.866. The van der Waals surface area contributed by atoms with Crippen molar-refractivity contribution in [3.8, 4) is 0 Å². The maximum absolute atomic E-state index is 12.1. The van der Waals surface area contributed by atoms with Crippen molar-refractivity contribution in [3.05, 3.63) is 42.2 Å². The molecule has 0 radical (unpaired) electrons. The molecular formula is C13H15N3O4S. The van der Waals surface area contributed by atoms with E-state index < -0.39 is 22.0 Å². The Bertz CT molecular complexity index is 725. The summed E-state index contributed by atoms with van der Waals surface area (Å²) in [7, 11) is -3.75. The van der Waals surface area contributed by atoms with E-state index in [0.29, 0.717) is 5.76 Å². The second kappa shape index (κ2) is 6.06. The van der Waals surface area contributed by atoms with E-state index >= 15 is 0 Å². The molecule has 1 amide bonds. The van der Waals surface area contributed by atoms with Gasteiger partial charge < -0.3 is 9.84 Å². The van der Waals surface area contributed by atoms with Gasteiger partial charge in [0.2, 0.25) is 15.9 Å². The zero-order chi connectivity index (χ0) is 15.5. The Morgan fingerprint density at radius 2 is 1.95 bits per heavy atom. The number of benzene rings is 1. The fraction of sp³-hybridized carbons (Fsp3) is 0.231. The van der Waals surface area contributed by atoms with Crippen molar-refractivity contribution in [2.75, 3.05) is 5.32 Å². The number of aryl methyl sites for hydroxylation is 1. The fourth-order valence-corrected chi connectivity index (χ4v) is 2.84. The van der Waals surface area contributed by atoms with Crippen LogP contribution in [-0.4, -0.2) is 25.5 Å². The maximum Gasteiger partial charge on any atom is 0.243 e. The monoisotopic (exact) mass is 309 g/mol. The lowest BCUT2D eigenvalue weighted by molar-refractivity contribution is -0.117. The van der Waals surface area contributed by atoms with E-state index in [1.165, 1.54) is 25.1 Å². The van der Waals surface area contributed by atoms with Gasteiger partial charge in [-0.1, -0.05) is 23.4 Å². The molecular weight excluding hydrogens is 294 g/mol. The summed E-state index contributed by atoms with van der Waals surface area (Å²) in [4.78, 5) is 12.0. The van der Waals surface area contributed by atoms with Crippen LogP contribution >= 0.6 is 0 Å². The van der Waals surface area contributed by atoms with Gasteiger partial charge in [-0.15, -0.1) is 0 Å². The molecule has 1 aromatic heterocycles. The van der Waals surface area contributed by atoms with Gasteiger partial charge in [-0.2, -0.15) is 4.72 Å². The minimum atomic E-state index is -3.75. The Morgan fingerprint density at radius 1 is 1.29 bits per heavy atom. The van der Waals surface area contributed by atoms with Crippen LogP contribution in [0.25, 0.3) is 0 Å². The predicted octanol–water partition coefficient (Wildman–Crippen LogP) is 1.29. The largest absolute Gasteiger partial charge is 0.360 e. The van der Waals surface area contributed by atoms with Gasteiger partial charge in [-0.3, -0.25) is 4.79 Å². The summed E-state index contributed by atoms with van der Waals surface area (Å²) < 4.78 is 31.3. The highest BCUT2D eigenvalue weighted by Gasteiger charge is 2.22. The lowest BCUT2D eigenvalue weighted by Crippen LogP contribution is -2.41. The minimum Gasteiger partial charge on any atom is -0.360 e. The molecule has 0 aliphatic heterocycles. The molecule has 0 saturated carbocycles. The maximum atomic E-state index is 12.1. The van der Waals surface area contributed by atoms with Gasteiger partial charge in [0.05, 0.1) is 10.9 Å². The van der Waals surface area contributed by atoms with Crippen LogP contribution in [0.15, 0.2) is 45.8 Å². The van der Waals surface area contributed by atoms with Crippen LogP contribution in [0.1, 0.15) is 12.7 Å². The normalized spacial score (nSPS) is 12.9. The molecule has 21 heavy (non-hydrogen) atoms. The number of carbonyl (C=O) groups excluding carboxylic acids is 1. The van der Waals surface area contributed by atoms with Gasteiger partial charge in [0, 0.05) is 6.07 Å². The van der Waals surface area contributed by atoms with Crippen molar-refractivity contribution in [2.24, 2.45) is 0 Å². The Balaban J connectivity index is 2.03. The number of aromatic nitrogens is 1. The summed E-state index contributed by atoms with van der Waals surface area (Å²) in [6, 6.07) is 8.42. The smallest absolute Gasteiger partial charge is 0.243 e. The summed E-state index contributed by atoms with van der Waals surface area (Å²) in [6.45, 7) is 3.13. The summed E-state index contributed by atoms with van der Waals surface area (Å²) in [6.07, 6.45) is 0. The Kier molecular flexibility index (Phi) is 4.39. The molecule has 0 unspecified atom stereocenters. The highest BCUT2D eigenvalue weighted by Crippen LogP contribution is 2.10. The van der Waals surface area contributed by atoms with Gasteiger partial charge in [-0.25, -0.2) is 8.42 Å². The van der Waals surface area contributed by atoms with Crippen molar-refractivity contribution in [1.29, 1.82) is 0 Å². The average molecular weight is 309 g/mol. The van der Waals surface area contributed by atoms with Gasteiger partial charge in [0.25, 0.3) is 0 Å². The van der Waals surface area contributed by atoms with E-state index in [-0.39, 0.29) is 10.7 Å². The standard InChI is InChI=1S/C13H15N3O4S/c1-9-8-12(15-20-9)14-13(17)10(2)16-21(18,19)11-6-4-3-5-7-11/h3-8,10,16H,1-2H3,(H,14,15,17)/t10-/m1/s1. The number of amides is 1. The summed E-state index contributed by atoms with van der Waals surface area (Å²) in [5.74, 6) is 0.258. The first-order valence-corrected chi connectivity index (χ1v) is 7.68. The van der Waals surface area contributed by atoms with Crippen molar-refractivity contribution < 1.29 is 17.7 Å². The first-order chi connectivity index (χ1) is 9.88.